The maximum atomic E-state index is 8.02. The lowest BCUT2D eigenvalue weighted by Gasteiger charge is -1.89. The molecule has 0 rings (SSSR count). The third-order valence-corrected chi connectivity index (χ3v) is 0.609. The topological polar surface area (TPSA) is 32.3 Å². The van der Waals surface area contributed by atoms with Gasteiger partial charge in [-0.3, -0.25) is 10.7 Å². The Bertz CT molecular complexity index is 58.6. The third kappa shape index (κ3) is 1.79. The Balaban J connectivity index is 3.22. The van der Waals surface area contributed by atoms with Gasteiger partial charge in [0.1, 0.15) is 0 Å². The first-order chi connectivity index (χ1) is 2.81. The van der Waals surface area contributed by atoms with Crippen molar-refractivity contribution >= 4 is 0 Å². The zero-order valence-electron chi connectivity index (χ0n) is 4.02. The van der Waals surface area contributed by atoms with Crippen molar-refractivity contribution < 1.29 is 5.21 Å². The molecule has 0 saturated carbocycles. The summed E-state index contributed by atoms with van der Waals surface area (Å²) in [5, 5.41) is 8.02. The maximum absolute atomic E-state index is 8.02. The van der Waals surface area contributed by atoms with Gasteiger partial charge in [-0.1, -0.05) is 6.08 Å². The number of hydroxylamine groups is 1. The van der Waals surface area contributed by atoms with Crippen LogP contribution in [0, 0.1) is 0 Å². The van der Waals surface area contributed by atoms with Gasteiger partial charge >= 0.3 is 0 Å². The molecule has 0 radical (unpaired) electrons. The van der Waals surface area contributed by atoms with Gasteiger partial charge in [0.15, 0.2) is 0 Å². The Labute approximate surface area is 37.4 Å². The predicted octanol–water partition coefficient (Wildman–Crippen LogP) is 0.889. The van der Waals surface area contributed by atoms with Gasteiger partial charge in [0.2, 0.25) is 0 Å². The lowest BCUT2D eigenvalue weighted by molar-refractivity contribution is 0.200. The van der Waals surface area contributed by atoms with Crippen LogP contribution in [0.3, 0.4) is 0 Å². The quantitative estimate of drug-likeness (QED) is 0.465. The molecule has 0 fully saturated rings. The van der Waals surface area contributed by atoms with Crippen molar-refractivity contribution in [3.63, 3.8) is 0 Å². The highest BCUT2D eigenvalue weighted by Gasteiger charge is 1.71. The largest absolute Gasteiger partial charge is 0.291 e. The van der Waals surface area contributed by atoms with Crippen LogP contribution in [0.15, 0.2) is 11.8 Å². The molecular weight excluding hydrogens is 78.0 g/mol. The number of rotatable bonds is 1. The van der Waals surface area contributed by atoms with E-state index in [0.29, 0.717) is 0 Å². The smallest absolute Gasteiger partial charge is 0.0302 e. The molecule has 0 aliphatic heterocycles. The fourth-order valence-electron chi connectivity index (χ4n) is 0.0645. The summed E-state index contributed by atoms with van der Waals surface area (Å²) in [6.07, 6.45) is 1.78. The summed E-state index contributed by atoms with van der Waals surface area (Å²) in [4.78, 5) is 0. The van der Waals surface area contributed by atoms with Crippen LogP contribution in [0.2, 0.25) is 0 Å². The minimum Gasteiger partial charge on any atom is -0.291 e. The van der Waals surface area contributed by atoms with Crippen molar-refractivity contribution in [2.24, 2.45) is 0 Å². The van der Waals surface area contributed by atoms with E-state index in [1.807, 2.05) is 12.4 Å². The van der Waals surface area contributed by atoms with Crippen LogP contribution in [-0.2, 0) is 0 Å². The summed E-state index contributed by atoms with van der Waals surface area (Å²) in [5.74, 6) is 0. The fraction of sp³-hybridized carbons (Fsp3) is 0.500. The lowest BCUT2D eigenvalue weighted by Crippen LogP contribution is -2.01. The Hall–Kier alpha value is -0.500. The Kier molecular flexibility index (Phi) is 2.50. The Morgan fingerprint density at radius 3 is 2.33 bits per heavy atom. The van der Waals surface area contributed by atoms with Gasteiger partial charge in [0, 0.05) is 5.70 Å². The molecule has 0 amide bonds. The summed E-state index contributed by atoms with van der Waals surface area (Å²) < 4.78 is 0. The van der Waals surface area contributed by atoms with E-state index in [4.69, 9.17) is 5.21 Å². The standard InChI is InChI=1S/C4H9NO/c1-3-4(2)5-6/h3,5-6H,1-2H3. The van der Waals surface area contributed by atoms with Crippen molar-refractivity contribution in [2.45, 2.75) is 13.8 Å². The van der Waals surface area contributed by atoms with E-state index in [-0.39, 0.29) is 0 Å². The van der Waals surface area contributed by atoms with Crippen LogP contribution in [0.25, 0.3) is 0 Å². The first-order valence-corrected chi connectivity index (χ1v) is 1.84. The van der Waals surface area contributed by atoms with E-state index in [1.165, 1.54) is 0 Å². The highest BCUT2D eigenvalue weighted by atomic mass is 16.5. The molecule has 0 bridgehead atoms. The second-order valence-corrected chi connectivity index (χ2v) is 1.08. The first-order valence-electron chi connectivity index (χ1n) is 1.84. The average Bonchev–Trinajstić information content (AvgIpc) is 1.65. The summed E-state index contributed by atoms with van der Waals surface area (Å²) in [7, 11) is 0. The van der Waals surface area contributed by atoms with Crippen LogP contribution in [-0.4, -0.2) is 5.21 Å². The van der Waals surface area contributed by atoms with E-state index < -0.39 is 0 Å². The van der Waals surface area contributed by atoms with Crippen molar-refractivity contribution in [2.75, 3.05) is 0 Å². The molecule has 36 valence electrons. The molecule has 0 aliphatic rings. The van der Waals surface area contributed by atoms with E-state index in [9.17, 15) is 0 Å². The summed E-state index contributed by atoms with van der Waals surface area (Å²) in [5.41, 5.74) is 2.75. The SMILES string of the molecule is CC=C(C)NO. The minimum atomic E-state index is 0.773. The van der Waals surface area contributed by atoms with E-state index in [2.05, 4.69) is 0 Å². The van der Waals surface area contributed by atoms with Crippen LogP contribution < -0.4 is 5.48 Å². The molecule has 2 nitrogen and oxygen atoms in total. The van der Waals surface area contributed by atoms with Crippen LogP contribution in [0.5, 0.6) is 0 Å². The molecule has 0 saturated heterocycles. The molecule has 6 heavy (non-hydrogen) atoms. The molecule has 0 aromatic rings. The number of nitrogens with one attached hydrogen (secondary N) is 1. The zero-order chi connectivity index (χ0) is 4.99. The monoisotopic (exact) mass is 87.1 g/mol. The summed E-state index contributed by atoms with van der Waals surface area (Å²) in [6.45, 7) is 3.62. The van der Waals surface area contributed by atoms with Crippen molar-refractivity contribution in [3.8, 4) is 0 Å². The minimum absolute atomic E-state index is 0.773. The molecular formula is C4H9NO. The van der Waals surface area contributed by atoms with E-state index >= 15 is 0 Å². The molecule has 2 N–H and O–H groups in total. The van der Waals surface area contributed by atoms with Crippen molar-refractivity contribution in [1.29, 1.82) is 0 Å². The van der Waals surface area contributed by atoms with Gasteiger partial charge in [0.05, 0.1) is 0 Å². The number of allylic oxidation sites excluding steroid dienone is 2. The number of hydrogen-bond donors (Lipinski definition) is 2. The molecule has 0 aliphatic carbocycles. The first kappa shape index (κ1) is 5.50. The van der Waals surface area contributed by atoms with Gasteiger partial charge < -0.3 is 0 Å². The zero-order valence-corrected chi connectivity index (χ0v) is 4.02. The highest BCUT2D eigenvalue weighted by Crippen LogP contribution is 1.77. The summed E-state index contributed by atoms with van der Waals surface area (Å²) >= 11 is 0. The molecule has 0 unspecified atom stereocenters. The molecule has 0 atom stereocenters. The highest BCUT2D eigenvalue weighted by molar-refractivity contribution is 4.88. The van der Waals surface area contributed by atoms with Crippen molar-refractivity contribution in [3.05, 3.63) is 11.8 Å². The molecule has 2 heteroatoms. The van der Waals surface area contributed by atoms with Crippen molar-refractivity contribution in [1.82, 2.24) is 5.48 Å². The molecule has 0 aromatic heterocycles. The van der Waals surface area contributed by atoms with Gasteiger partial charge in [-0.25, -0.2) is 0 Å². The second kappa shape index (κ2) is 2.72. The Morgan fingerprint density at radius 1 is 1.83 bits per heavy atom. The molecule has 0 heterocycles. The van der Waals surface area contributed by atoms with Gasteiger partial charge in [-0.05, 0) is 13.8 Å². The average molecular weight is 87.1 g/mol. The van der Waals surface area contributed by atoms with Gasteiger partial charge in [0.25, 0.3) is 0 Å². The fourth-order valence-corrected chi connectivity index (χ4v) is 0.0645. The third-order valence-electron chi connectivity index (χ3n) is 0.609. The van der Waals surface area contributed by atoms with Crippen LogP contribution in [0.1, 0.15) is 13.8 Å². The van der Waals surface area contributed by atoms with E-state index in [1.54, 1.807) is 13.0 Å². The number of hydrogen-bond acceptors (Lipinski definition) is 2. The second-order valence-electron chi connectivity index (χ2n) is 1.08. The molecule has 0 spiro atoms. The normalized spacial score (nSPS) is 11.5. The molecule has 0 aromatic carbocycles. The van der Waals surface area contributed by atoms with Gasteiger partial charge in [-0.2, -0.15) is 0 Å². The van der Waals surface area contributed by atoms with Gasteiger partial charge in [-0.15, -0.1) is 0 Å². The Morgan fingerprint density at radius 2 is 2.33 bits per heavy atom. The summed E-state index contributed by atoms with van der Waals surface area (Å²) in [6, 6.07) is 0. The maximum Gasteiger partial charge on any atom is 0.0302 e. The lowest BCUT2D eigenvalue weighted by atomic mass is 10.5. The predicted molar refractivity (Wildman–Crippen MR) is 24.4 cm³/mol. The van der Waals surface area contributed by atoms with E-state index in [0.717, 1.165) is 5.70 Å². The van der Waals surface area contributed by atoms with Crippen LogP contribution >= 0.6 is 0 Å². The van der Waals surface area contributed by atoms with Crippen LogP contribution in [0.4, 0.5) is 0 Å².